The molecule has 0 aliphatic heterocycles. The Morgan fingerprint density at radius 2 is 0.731 bits per heavy atom. The predicted molar refractivity (Wildman–Crippen MR) is 108 cm³/mol. The van der Waals surface area contributed by atoms with Gasteiger partial charge in [-0.1, -0.05) is 84.9 Å². The van der Waals surface area contributed by atoms with Crippen LogP contribution in [0.15, 0.2) is 84.9 Å². The summed E-state index contributed by atoms with van der Waals surface area (Å²) in [6, 6.07) is 31.4. The van der Waals surface area contributed by atoms with Gasteiger partial charge in [0.2, 0.25) is 0 Å². The zero-order valence-electron chi connectivity index (χ0n) is 14.5. The molecule has 0 unspecified atom stereocenters. The van der Waals surface area contributed by atoms with E-state index in [-0.39, 0.29) is 0 Å². The maximum atomic E-state index is 2.30. The van der Waals surface area contributed by atoms with Crippen molar-refractivity contribution >= 4 is 0 Å². The van der Waals surface area contributed by atoms with Crippen LogP contribution in [-0.2, 0) is 12.8 Å². The minimum absolute atomic E-state index is 1.05. The number of hydrogen-bond acceptors (Lipinski definition) is 0. The van der Waals surface area contributed by atoms with Gasteiger partial charge in [0.1, 0.15) is 0 Å². The standard InChI is InChI=1S/C26H18/c1-3-11-21-17(7-1)15-19-9-5-13-23(25(19)21)24-14-6-10-20-16-18-8-2-4-12-22(18)26(20)24/h1-14H,15-16H2. The summed E-state index contributed by atoms with van der Waals surface area (Å²) in [5.41, 5.74) is 14.2. The second kappa shape index (κ2) is 5.19. The number of benzene rings is 4. The van der Waals surface area contributed by atoms with E-state index < -0.39 is 0 Å². The van der Waals surface area contributed by atoms with Crippen molar-refractivity contribution in [2.24, 2.45) is 0 Å². The highest BCUT2D eigenvalue weighted by atomic mass is 14.3. The van der Waals surface area contributed by atoms with Gasteiger partial charge in [0.15, 0.2) is 0 Å². The van der Waals surface area contributed by atoms with Crippen LogP contribution in [0.25, 0.3) is 33.4 Å². The van der Waals surface area contributed by atoms with E-state index in [4.69, 9.17) is 0 Å². The quantitative estimate of drug-likeness (QED) is 0.323. The second-order valence-corrected chi connectivity index (χ2v) is 7.35. The van der Waals surface area contributed by atoms with Crippen molar-refractivity contribution in [2.75, 3.05) is 0 Å². The summed E-state index contributed by atoms with van der Waals surface area (Å²) in [5, 5.41) is 0. The molecule has 0 saturated heterocycles. The van der Waals surface area contributed by atoms with Crippen molar-refractivity contribution in [1.82, 2.24) is 0 Å². The van der Waals surface area contributed by atoms with Crippen molar-refractivity contribution in [3.63, 3.8) is 0 Å². The summed E-state index contributed by atoms with van der Waals surface area (Å²) in [6.07, 6.45) is 2.09. The van der Waals surface area contributed by atoms with Crippen LogP contribution in [0.4, 0.5) is 0 Å². The molecule has 0 fully saturated rings. The lowest BCUT2D eigenvalue weighted by atomic mass is 9.89. The lowest BCUT2D eigenvalue weighted by molar-refractivity contribution is 1.26. The lowest BCUT2D eigenvalue weighted by Crippen LogP contribution is -1.90. The number of fused-ring (bicyclic) bond motifs is 6. The summed E-state index contributed by atoms with van der Waals surface area (Å²) < 4.78 is 0. The van der Waals surface area contributed by atoms with Crippen molar-refractivity contribution < 1.29 is 0 Å². The fourth-order valence-electron chi connectivity index (χ4n) is 4.83. The Labute approximate surface area is 153 Å². The first kappa shape index (κ1) is 14.1. The normalized spacial score (nSPS) is 13.1. The minimum Gasteiger partial charge on any atom is -0.0619 e. The second-order valence-electron chi connectivity index (χ2n) is 7.35. The molecule has 4 aromatic rings. The van der Waals surface area contributed by atoms with Crippen LogP contribution in [0.5, 0.6) is 0 Å². The van der Waals surface area contributed by atoms with Crippen molar-refractivity contribution in [3.05, 3.63) is 107 Å². The van der Waals surface area contributed by atoms with E-state index in [1.54, 1.807) is 0 Å². The van der Waals surface area contributed by atoms with E-state index >= 15 is 0 Å². The maximum Gasteiger partial charge on any atom is -0.00132 e. The maximum absolute atomic E-state index is 2.30. The molecule has 0 bridgehead atoms. The SMILES string of the molecule is c1ccc2c(c1)Cc1cccc(-c3cccc4c3-c3ccccc3C4)c1-2. The van der Waals surface area contributed by atoms with E-state index in [0.717, 1.165) is 12.8 Å². The zero-order chi connectivity index (χ0) is 17.1. The van der Waals surface area contributed by atoms with Gasteiger partial charge >= 0.3 is 0 Å². The van der Waals surface area contributed by atoms with Gasteiger partial charge in [-0.3, -0.25) is 0 Å². The molecule has 26 heavy (non-hydrogen) atoms. The van der Waals surface area contributed by atoms with Gasteiger partial charge in [-0.2, -0.15) is 0 Å². The first-order valence-electron chi connectivity index (χ1n) is 9.31. The van der Waals surface area contributed by atoms with E-state index in [1.807, 2.05) is 0 Å². The molecule has 0 radical (unpaired) electrons. The largest absolute Gasteiger partial charge is 0.0619 e. The van der Waals surface area contributed by atoms with Gasteiger partial charge in [-0.15, -0.1) is 0 Å². The molecule has 122 valence electrons. The molecular formula is C26H18. The Morgan fingerprint density at radius 1 is 0.346 bits per heavy atom. The zero-order valence-corrected chi connectivity index (χ0v) is 14.5. The van der Waals surface area contributed by atoms with Crippen LogP contribution in [-0.4, -0.2) is 0 Å². The van der Waals surface area contributed by atoms with Crippen LogP contribution < -0.4 is 0 Å². The Morgan fingerprint density at radius 3 is 1.23 bits per heavy atom. The molecule has 0 N–H and O–H groups in total. The third-order valence-electron chi connectivity index (χ3n) is 5.93. The van der Waals surface area contributed by atoms with Gasteiger partial charge < -0.3 is 0 Å². The molecule has 0 atom stereocenters. The van der Waals surface area contributed by atoms with Crippen LogP contribution in [0, 0.1) is 0 Å². The molecule has 2 aliphatic carbocycles. The van der Waals surface area contributed by atoms with Crippen LogP contribution in [0.1, 0.15) is 22.3 Å². The molecule has 0 nitrogen and oxygen atoms in total. The lowest BCUT2D eigenvalue weighted by Gasteiger charge is -2.15. The molecule has 0 heterocycles. The van der Waals surface area contributed by atoms with Crippen molar-refractivity contribution in [3.8, 4) is 33.4 Å². The van der Waals surface area contributed by atoms with Crippen LogP contribution in [0.3, 0.4) is 0 Å². The molecular weight excluding hydrogens is 312 g/mol. The fraction of sp³-hybridized carbons (Fsp3) is 0.0769. The molecule has 6 rings (SSSR count). The molecule has 0 heteroatoms. The average Bonchev–Trinajstić information content (AvgIpc) is 3.26. The van der Waals surface area contributed by atoms with Crippen molar-refractivity contribution in [1.29, 1.82) is 0 Å². The highest BCUT2D eigenvalue weighted by Crippen LogP contribution is 2.48. The Hall–Kier alpha value is -3.12. The van der Waals surface area contributed by atoms with Gasteiger partial charge in [-0.25, -0.2) is 0 Å². The smallest absolute Gasteiger partial charge is 0.00132 e. The third kappa shape index (κ3) is 1.84. The van der Waals surface area contributed by atoms with E-state index in [2.05, 4.69) is 84.9 Å². The van der Waals surface area contributed by atoms with E-state index in [1.165, 1.54) is 55.6 Å². The van der Waals surface area contributed by atoms with Crippen LogP contribution in [0.2, 0.25) is 0 Å². The topological polar surface area (TPSA) is 0 Å². The number of hydrogen-bond donors (Lipinski definition) is 0. The number of rotatable bonds is 1. The highest BCUT2D eigenvalue weighted by Gasteiger charge is 2.26. The summed E-state index contributed by atoms with van der Waals surface area (Å²) in [5.74, 6) is 0. The van der Waals surface area contributed by atoms with Gasteiger partial charge in [0, 0.05) is 0 Å². The van der Waals surface area contributed by atoms with Gasteiger partial charge in [0.25, 0.3) is 0 Å². The molecule has 0 aromatic heterocycles. The molecule has 2 aliphatic rings. The third-order valence-corrected chi connectivity index (χ3v) is 5.93. The average molecular weight is 330 g/mol. The molecule has 4 aromatic carbocycles. The first-order chi connectivity index (χ1) is 12.9. The molecule has 0 spiro atoms. The van der Waals surface area contributed by atoms with E-state index in [9.17, 15) is 0 Å². The first-order valence-corrected chi connectivity index (χ1v) is 9.31. The Bertz CT molecular complexity index is 1090. The summed E-state index contributed by atoms with van der Waals surface area (Å²) in [6.45, 7) is 0. The monoisotopic (exact) mass is 330 g/mol. The van der Waals surface area contributed by atoms with Gasteiger partial charge in [0.05, 0.1) is 0 Å². The Kier molecular flexibility index (Phi) is 2.81. The van der Waals surface area contributed by atoms with Crippen LogP contribution >= 0.6 is 0 Å². The summed E-state index contributed by atoms with van der Waals surface area (Å²) >= 11 is 0. The Balaban J connectivity index is 1.66. The molecule has 0 saturated carbocycles. The fourth-order valence-corrected chi connectivity index (χ4v) is 4.83. The van der Waals surface area contributed by atoms with E-state index in [0.29, 0.717) is 0 Å². The van der Waals surface area contributed by atoms with Crippen molar-refractivity contribution in [2.45, 2.75) is 12.8 Å². The van der Waals surface area contributed by atoms with Gasteiger partial charge in [-0.05, 0) is 68.5 Å². The highest BCUT2D eigenvalue weighted by molar-refractivity contribution is 5.98. The predicted octanol–water partition coefficient (Wildman–Crippen LogP) is 6.50. The summed E-state index contributed by atoms with van der Waals surface area (Å²) in [4.78, 5) is 0. The summed E-state index contributed by atoms with van der Waals surface area (Å²) in [7, 11) is 0. The molecule has 0 amide bonds. The minimum atomic E-state index is 1.05.